The van der Waals surface area contributed by atoms with Gasteiger partial charge in [0.1, 0.15) is 5.82 Å². The highest BCUT2D eigenvalue weighted by Gasteiger charge is 2.22. The Balaban J connectivity index is 1.31. The van der Waals surface area contributed by atoms with Gasteiger partial charge in [0.15, 0.2) is 0 Å². The van der Waals surface area contributed by atoms with Gasteiger partial charge >= 0.3 is 0 Å². The Hall–Kier alpha value is -2.93. The Morgan fingerprint density at radius 3 is 2.79 bits per heavy atom. The first-order valence-electron chi connectivity index (χ1n) is 10.4. The average Bonchev–Trinajstić information content (AvgIpc) is 2.80. The Labute approximate surface area is 170 Å². The molecule has 0 aliphatic carbocycles. The molecule has 0 amide bonds. The number of hydrogen-bond donors (Lipinski definition) is 1. The van der Waals surface area contributed by atoms with Crippen LogP contribution in [-0.4, -0.2) is 60.4 Å². The summed E-state index contributed by atoms with van der Waals surface area (Å²) >= 11 is 0. The van der Waals surface area contributed by atoms with Gasteiger partial charge < -0.3 is 19.9 Å². The second kappa shape index (κ2) is 8.21. The molecule has 2 aliphatic rings. The third-order valence-corrected chi connectivity index (χ3v) is 5.69. The molecule has 2 aliphatic heterocycles. The number of nitrogens with zero attached hydrogens (tertiary/aromatic N) is 5. The van der Waals surface area contributed by atoms with Crippen molar-refractivity contribution in [3.8, 4) is 0 Å². The van der Waals surface area contributed by atoms with Crippen molar-refractivity contribution in [3.63, 3.8) is 0 Å². The van der Waals surface area contributed by atoms with Crippen molar-refractivity contribution < 1.29 is 4.74 Å². The second-order valence-electron chi connectivity index (χ2n) is 7.61. The largest absolute Gasteiger partial charge is 0.378 e. The van der Waals surface area contributed by atoms with Crippen molar-refractivity contribution in [1.82, 2.24) is 15.0 Å². The molecule has 29 heavy (non-hydrogen) atoms. The third-order valence-electron chi connectivity index (χ3n) is 5.69. The summed E-state index contributed by atoms with van der Waals surface area (Å²) in [7, 11) is 0. The smallest absolute Gasteiger partial charge is 0.224 e. The zero-order valence-electron chi connectivity index (χ0n) is 16.5. The molecule has 1 N–H and O–H groups in total. The Morgan fingerprint density at radius 1 is 0.931 bits per heavy atom. The lowest BCUT2D eigenvalue weighted by molar-refractivity contribution is 0.122. The van der Waals surface area contributed by atoms with Crippen LogP contribution < -0.4 is 15.1 Å². The maximum absolute atomic E-state index is 5.45. The lowest BCUT2D eigenvalue weighted by Crippen LogP contribution is -2.42. The van der Waals surface area contributed by atoms with E-state index in [1.165, 1.54) is 11.1 Å². The number of benzene rings is 1. The Bertz CT molecular complexity index is 969. The lowest BCUT2D eigenvalue weighted by Gasteiger charge is -2.35. The van der Waals surface area contributed by atoms with E-state index in [2.05, 4.69) is 49.4 Å². The molecule has 1 aromatic carbocycles. The van der Waals surface area contributed by atoms with Crippen LogP contribution in [0.25, 0.3) is 10.9 Å². The van der Waals surface area contributed by atoms with Crippen LogP contribution in [0.2, 0.25) is 0 Å². The molecule has 0 saturated carbocycles. The van der Waals surface area contributed by atoms with Crippen LogP contribution in [0.5, 0.6) is 0 Å². The minimum absolute atomic E-state index is 0.315. The van der Waals surface area contributed by atoms with Crippen molar-refractivity contribution in [2.75, 3.05) is 54.5 Å². The first-order valence-corrected chi connectivity index (χ1v) is 10.4. The zero-order valence-corrected chi connectivity index (χ0v) is 16.5. The minimum Gasteiger partial charge on any atom is -0.378 e. The molecule has 2 fully saturated rings. The number of nitrogens with one attached hydrogen (secondary N) is 1. The molecule has 4 heterocycles. The van der Waals surface area contributed by atoms with Crippen molar-refractivity contribution in [3.05, 3.63) is 48.8 Å². The van der Waals surface area contributed by atoms with E-state index >= 15 is 0 Å². The van der Waals surface area contributed by atoms with E-state index in [1.54, 1.807) is 0 Å². The Kier molecular flexibility index (Phi) is 5.13. The lowest BCUT2D eigenvalue weighted by atomic mass is 10.0. The molecule has 0 unspecified atom stereocenters. The van der Waals surface area contributed by atoms with E-state index < -0.39 is 0 Å². The van der Waals surface area contributed by atoms with Gasteiger partial charge in [0.05, 0.1) is 18.7 Å². The maximum Gasteiger partial charge on any atom is 0.224 e. The first-order chi connectivity index (χ1) is 14.4. The van der Waals surface area contributed by atoms with E-state index in [9.17, 15) is 0 Å². The maximum atomic E-state index is 5.45. The number of rotatable bonds is 4. The quantitative estimate of drug-likeness (QED) is 0.735. The van der Waals surface area contributed by atoms with Crippen molar-refractivity contribution in [2.45, 2.75) is 18.9 Å². The van der Waals surface area contributed by atoms with E-state index in [0.717, 1.165) is 63.6 Å². The number of piperidine rings is 1. The van der Waals surface area contributed by atoms with Crippen LogP contribution in [0, 0.1) is 0 Å². The molecule has 0 radical (unpaired) electrons. The second-order valence-corrected chi connectivity index (χ2v) is 7.61. The predicted octanol–water partition coefficient (Wildman–Crippen LogP) is 2.94. The highest BCUT2D eigenvalue weighted by atomic mass is 16.5. The topological polar surface area (TPSA) is 66.4 Å². The summed E-state index contributed by atoms with van der Waals surface area (Å²) in [6.45, 7) is 5.25. The molecular weight excluding hydrogens is 364 g/mol. The van der Waals surface area contributed by atoms with E-state index in [1.807, 2.05) is 24.5 Å². The molecule has 7 heteroatoms. The number of morpholine rings is 1. The van der Waals surface area contributed by atoms with Gasteiger partial charge in [0.2, 0.25) is 5.95 Å². The standard InChI is InChI=1S/C22H26N6O/c1-6-19-18(5-2-9-23-19)20(7-1)28-11-3-4-17(16-28)25-22-24-10-8-21(26-22)27-12-14-29-15-13-27/h1-2,5-10,17H,3-4,11-16H2,(H,24,25,26)/t17-/m1/s1. The number of aromatic nitrogens is 3. The molecule has 0 spiro atoms. The van der Waals surface area contributed by atoms with Gasteiger partial charge in [-0.1, -0.05) is 6.07 Å². The van der Waals surface area contributed by atoms with Crippen molar-refractivity contribution >= 4 is 28.4 Å². The third kappa shape index (κ3) is 3.96. The van der Waals surface area contributed by atoms with Gasteiger partial charge in [0, 0.05) is 55.7 Å². The van der Waals surface area contributed by atoms with Crippen LogP contribution in [0.1, 0.15) is 12.8 Å². The van der Waals surface area contributed by atoms with Crippen molar-refractivity contribution in [2.24, 2.45) is 0 Å². The molecule has 150 valence electrons. The van der Waals surface area contributed by atoms with E-state index in [4.69, 9.17) is 9.72 Å². The SMILES string of the molecule is c1cc(N2CCC[C@@H](Nc3nccc(N4CCOCC4)n3)C2)c2cccnc2c1. The molecule has 0 bridgehead atoms. The van der Waals surface area contributed by atoms with Gasteiger partial charge in [-0.25, -0.2) is 4.98 Å². The van der Waals surface area contributed by atoms with Gasteiger partial charge in [-0.3, -0.25) is 4.98 Å². The highest BCUT2D eigenvalue weighted by molar-refractivity contribution is 5.91. The first kappa shape index (κ1) is 18.1. The number of hydrogen-bond acceptors (Lipinski definition) is 7. The minimum atomic E-state index is 0.315. The predicted molar refractivity (Wildman–Crippen MR) is 116 cm³/mol. The fraction of sp³-hybridized carbons (Fsp3) is 0.409. The molecular formula is C22H26N6O. The summed E-state index contributed by atoms with van der Waals surface area (Å²) < 4.78 is 5.45. The molecule has 2 saturated heterocycles. The highest BCUT2D eigenvalue weighted by Crippen LogP contribution is 2.28. The van der Waals surface area contributed by atoms with Crippen LogP contribution >= 0.6 is 0 Å². The summed E-state index contributed by atoms with van der Waals surface area (Å²) in [6, 6.07) is 12.8. The summed E-state index contributed by atoms with van der Waals surface area (Å²) in [6.07, 6.45) is 5.95. The monoisotopic (exact) mass is 390 g/mol. The van der Waals surface area contributed by atoms with Crippen LogP contribution in [0.15, 0.2) is 48.8 Å². The number of pyridine rings is 1. The number of ether oxygens (including phenoxy) is 1. The molecule has 7 nitrogen and oxygen atoms in total. The number of fused-ring (bicyclic) bond motifs is 1. The van der Waals surface area contributed by atoms with Crippen LogP contribution in [-0.2, 0) is 4.74 Å². The van der Waals surface area contributed by atoms with Gasteiger partial charge in [-0.2, -0.15) is 4.98 Å². The molecule has 1 atom stereocenters. The van der Waals surface area contributed by atoms with Gasteiger partial charge in [-0.05, 0) is 43.2 Å². The van der Waals surface area contributed by atoms with Crippen LogP contribution in [0.4, 0.5) is 17.5 Å². The fourth-order valence-electron chi connectivity index (χ4n) is 4.25. The molecule has 3 aromatic rings. The summed E-state index contributed by atoms with van der Waals surface area (Å²) in [5.74, 6) is 1.68. The average molecular weight is 390 g/mol. The van der Waals surface area contributed by atoms with Gasteiger partial charge in [-0.15, -0.1) is 0 Å². The Morgan fingerprint density at radius 2 is 1.86 bits per heavy atom. The molecule has 2 aromatic heterocycles. The summed E-state index contributed by atoms with van der Waals surface area (Å²) in [5, 5.41) is 4.78. The number of anilines is 3. The van der Waals surface area contributed by atoms with E-state index in [-0.39, 0.29) is 0 Å². The zero-order chi connectivity index (χ0) is 19.5. The summed E-state index contributed by atoms with van der Waals surface area (Å²) in [5.41, 5.74) is 2.30. The van der Waals surface area contributed by atoms with E-state index in [0.29, 0.717) is 12.0 Å². The fourth-order valence-corrected chi connectivity index (χ4v) is 4.25. The van der Waals surface area contributed by atoms with Gasteiger partial charge in [0.25, 0.3) is 0 Å². The normalized spacial score (nSPS) is 20.1. The van der Waals surface area contributed by atoms with Crippen LogP contribution in [0.3, 0.4) is 0 Å². The molecule has 5 rings (SSSR count). The van der Waals surface area contributed by atoms with Crippen molar-refractivity contribution in [1.29, 1.82) is 0 Å². The summed E-state index contributed by atoms with van der Waals surface area (Å²) in [4.78, 5) is 18.4.